The fourth-order valence-corrected chi connectivity index (χ4v) is 3.08. The van der Waals surface area contributed by atoms with Crippen LogP contribution in [-0.4, -0.2) is 52.6 Å². The topological polar surface area (TPSA) is 96.5 Å². The summed E-state index contributed by atoms with van der Waals surface area (Å²) in [7, 11) is 0. The summed E-state index contributed by atoms with van der Waals surface area (Å²) in [5.74, 6) is 0.316. The zero-order chi connectivity index (χ0) is 19.9. The lowest BCUT2D eigenvalue weighted by atomic mass is 10.1. The van der Waals surface area contributed by atoms with Gasteiger partial charge in [0.25, 0.3) is 5.91 Å². The summed E-state index contributed by atoms with van der Waals surface area (Å²) in [5, 5.41) is 6.21. The quantitative estimate of drug-likeness (QED) is 0.824. The molecule has 0 unspecified atom stereocenters. The van der Waals surface area contributed by atoms with Crippen molar-refractivity contribution in [2.45, 2.75) is 32.7 Å². The zero-order valence-corrected chi connectivity index (χ0v) is 16.1. The van der Waals surface area contributed by atoms with Crippen LogP contribution in [0.2, 0.25) is 0 Å². The van der Waals surface area contributed by atoms with Crippen molar-refractivity contribution >= 4 is 23.5 Å². The largest absolute Gasteiger partial charge is 0.450 e. The lowest BCUT2D eigenvalue weighted by molar-refractivity contribution is 0.0856. The van der Waals surface area contributed by atoms with Crippen molar-refractivity contribution in [2.75, 3.05) is 25.0 Å². The maximum absolute atomic E-state index is 12.6. The van der Waals surface area contributed by atoms with Gasteiger partial charge < -0.3 is 20.3 Å². The van der Waals surface area contributed by atoms with Crippen molar-refractivity contribution in [3.05, 3.63) is 47.9 Å². The number of hydrogen-bond acceptors (Lipinski definition) is 6. The van der Waals surface area contributed by atoms with Crippen molar-refractivity contribution in [3.8, 4) is 0 Å². The maximum Gasteiger partial charge on any atom is 0.409 e. The summed E-state index contributed by atoms with van der Waals surface area (Å²) in [6, 6.07) is 9.49. The molecular weight excluding hydrogens is 358 g/mol. The van der Waals surface area contributed by atoms with Crippen molar-refractivity contribution in [1.82, 2.24) is 20.2 Å². The summed E-state index contributed by atoms with van der Waals surface area (Å²) in [5.41, 5.74) is 2.32. The van der Waals surface area contributed by atoms with Crippen molar-refractivity contribution < 1.29 is 14.3 Å². The number of piperidine rings is 1. The van der Waals surface area contributed by atoms with Gasteiger partial charge in [0, 0.05) is 30.9 Å². The predicted molar refractivity (Wildman–Crippen MR) is 106 cm³/mol. The van der Waals surface area contributed by atoms with E-state index in [0.717, 1.165) is 11.3 Å². The summed E-state index contributed by atoms with van der Waals surface area (Å²) < 4.78 is 5.01. The van der Waals surface area contributed by atoms with Crippen molar-refractivity contribution in [3.63, 3.8) is 0 Å². The monoisotopic (exact) mass is 383 g/mol. The van der Waals surface area contributed by atoms with E-state index in [4.69, 9.17) is 4.74 Å². The molecule has 0 saturated carbocycles. The number of anilines is 2. The van der Waals surface area contributed by atoms with E-state index in [2.05, 4.69) is 20.6 Å². The van der Waals surface area contributed by atoms with Crippen LogP contribution >= 0.6 is 0 Å². The van der Waals surface area contributed by atoms with Gasteiger partial charge in [-0.1, -0.05) is 18.2 Å². The Bertz CT molecular complexity index is 834. The Hall–Kier alpha value is -3.16. The molecule has 8 heteroatoms. The first-order valence-corrected chi connectivity index (χ1v) is 9.44. The lowest BCUT2D eigenvalue weighted by Crippen LogP contribution is -2.46. The maximum atomic E-state index is 12.6. The smallest absolute Gasteiger partial charge is 0.409 e. The Kier molecular flexibility index (Phi) is 6.41. The van der Waals surface area contributed by atoms with Gasteiger partial charge in [0.15, 0.2) is 0 Å². The molecule has 2 amide bonds. The molecule has 1 aliphatic heterocycles. The minimum atomic E-state index is -0.296. The highest BCUT2D eigenvalue weighted by Gasteiger charge is 2.25. The van der Waals surface area contributed by atoms with Crippen LogP contribution in [0.3, 0.4) is 0 Å². The number of nitrogens with zero attached hydrogens (tertiary/aromatic N) is 3. The highest BCUT2D eigenvalue weighted by atomic mass is 16.6. The second-order valence-electron chi connectivity index (χ2n) is 6.66. The fourth-order valence-electron chi connectivity index (χ4n) is 3.08. The zero-order valence-electron chi connectivity index (χ0n) is 16.1. The van der Waals surface area contributed by atoms with E-state index in [1.54, 1.807) is 17.9 Å². The van der Waals surface area contributed by atoms with E-state index in [-0.39, 0.29) is 18.0 Å². The molecule has 0 bridgehead atoms. The number of amides is 2. The second kappa shape index (κ2) is 9.16. The molecule has 2 aromatic rings. The number of aromatic nitrogens is 2. The average Bonchev–Trinajstić information content (AvgIpc) is 2.71. The number of rotatable bonds is 5. The molecule has 3 rings (SSSR count). The Balaban J connectivity index is 1.57. The average molecular weight is 383 g/mol. The lowest BCUT2D eigenvalue weighted by Gasteiger charge is -2.31. The Labute approximate surface area is 164 Å². The standard InChI is InChI=1S/C20H25N5O3/c1-3-28-20(27)25-10-8-15(9-11-25)23-19(26)17-12-18(22-13-21-17)24-16-7-5-4-6-14(16)2/h4-7,12-13,15H,3,8-11H2,1-2H3,(H,23,26)(H,21,22,24). The van der Waals surface area contributed by atoms with Crippen LogP contribution in [0.5, 0.6) is 0 Å². The second-order valence-corrected chi connectivity index (χ2v) is 6.66. The summed E-state index contributed by atoms with van der Waals surface area (Å²) >= 11 is 0. The van der Waals surface area contributed by atoms with E-state index < -0.39 is 0 Å². The van der Waals surface area contributed by atoms with Crippen molar-refractivity contribution in [1.29, 1.82) is 0 Å². The van der Waals surface area contributed by atoms with Gasteiger partial charge in [-0.2, -0.15) is 0 Å². The highest BCUT2D eigenvalue weighted by Crippen LogP contribution is 2.19. The number of nitrogens with one attached hydrogen (secondary N) is 2. The molecular formula is C20H25N5O3. The molecule has 1 aliphatic rings. The van der Waals surface area contributed by atoms with E-state index in [9.17, 15) is 9.59 Å². The summed E-state index contributed by atoms with van der Waals surface area (Å²) in [4.78, 5) is 34.3. The van der Waals surface area contributed by atoms with Gasteiger partial charge in [0.05, 0.1) is 6.61 Å². The molecule has 0 radical (unpaired) electrons. The van der Waals surface area contributed by atoms with Crippen LogP contribution in [0.15, 0.2) is 36.7 Å². The third-order valence-corrected chi connectivity index (χ3v) is 4.66. The number of likely N-dealkylation sites (tertiary alicyclic amines) is 1. The molecule has 0 atom stereocenters. The Morgan fingerprint density at radius 3 is 2.68 bits per heavy atom. The molecule has 2 N–H and O–H groups in total. The van der Waals surface area contributed by atoms with Gasteiger partial charge >= 0.3 is 6.09 Å². The van der Waals surface area contributed by atoms with Gasteiger partial charge in [0.1, 0.15) is 17.8 Å². The van der Waals surface area contributed by atoms with Gasteiger partial charge in [-0.15, -0.1) is 0 Å². The Morgan fingerprint density at radius 1 is 1.21 bits per heavy atom. The molecule has 148 valence electrons. The minimum Gasteiger partial charge on any atom is -0.450 e. The molecule has 0 spiro atoms. The number of para-hydroxylation sites is 1. The number of carbonyl (C=O) groups excluding carboxylic acids is 2. The third kappa shape index (κ3) is 4.97. The van der Waals surface area contributed by atoms with Crippen molar-refractivity contribution in [2.24, 2.45) is 0 Å². The molecule has 2 heterocycles. The predicted octanol–water partition coefficient (Wildman–Crippen LogP) is 2.88. The van der Waals surface area contributed by atoms with E-state index in [0.29, 0.717) is 44.0 Å². The molecule has 0 aliphatic carbocycles. The Morgan fingerprint density at radius 2 is 1.96 bits per heavy atom. The molecule has 1 aromatic heterocycles. The van der Waals surface area contributed by atoms with Crippen LogP contribution in [0.1, 0.15) is 35.8 Å². The minimum absolute atomic E-state index is 0.000851. The summed E-state index contributed by atoms with van der Waals surface area (Å²) in [6.07, 6.45) is 2.45. The van der Waals surface area contributed by atoms with E-state index in [1.165, 1.54) is 6.33 Å². The molecule has 1 fully saturated rings. The van der Waals surface area contributed by atoms with Gasteiger partial charge in [-0.3, -0.25) is 4.79 Å². The SMILES string of the molecule is CCOC(=O)N1CCC(NC(=O)c2cc(Nc3ccccc3C)ncn2)CC1. The normalized spacial score (nSPS) is 14.4. The van der Waals surface area contributed by atoms with Crippen LogP contribution in [0.4, 0.5) is 16.3 Å². The number of benzene rings is 1. The van der Waals surface area contributed by atoms with E-state index in [1.807, 2.05) is 31.2 Å². The molecule has 8 nitrogen and oxygen atoms in total. The first-order valence-electron chi connectivity index (χ1n) is 9.44. The number of ether oxygens (including phenoxy) is 1. The highest BCUT2D eigenvalue weighted by molar-refractivity contribution is 5.93. The number of carbonyl (C=O) groups is 2. The van der Waals surface area contributed by atoms with Crippen LogP contribution in [0.25, 0.3) is 0 Å². The number of hydrogen-bond donors (Lipinski definition) is 2. The first-order chi connectivity index (χ1) is 13.6. The third-order valence-electron chi connectivity index (χ3n) is 4.66. The van der Waals surface area contributed by atoms with Gasteiger partial charge in [0.2, 0.25) is 0 Å². The van der Waals surface area contributed by atoms with Gasteiger partial charge in [-0.25, -0.2) is 14.8 Å². The van der Waals surface area contributed by atoms with Crippen LogP contribution in [-0.2, 0) is 4.74 Å². The number of aryl methyl sites for hydroxylation is 1. The van der Waals surface area contributed by atoms with E-state index >= 15 is 0 Å². The molecule has 1 aromatic carbocycles. The first kappa shape index (κ1) is 19.6. The van der Waals surface area contributed by atoms with Crippen LogP contribution < -0.4 is 10.6 Å². The molecule has 1 saturated heterocycles. The fraction of sp³-hybridized carbons (Fsp3) is 0.400. The van der Waals surface area contributed by atoms with Crippen LogP contribution in [0, 0.1) is 6.92 Å². The van der Waals surface area contributed by atoms with Gasteiger partial charge in [-0.05, 0) is 38.3 Å². The summed E-state index contributed by atoms with van der Waals surface area (Å²) in [6.45, 7) is 5.28. The molecule has 28 heavy (non-hydrogen) atoms.